The summed E-state index contributed by atoms with van der Waals surface area (Å²) in [6, 6.07) is 0.399. The Balaban J connectivity index is 1.87. The highest BCUT2D eigenvalue weighted by Crippen LogP contribution is 2.36. The Hall–Kier alpha value is -0.610. The fourth-order valence-corrected chi connectivity index (χ4v) is 2.90. The number of hydrogen-bond acceptors (Lipinski definition) is 3. The van der Waals surface area contributed by atoms with Gasteiger partial charge in [-0.3, -0.25) is 4.79 Å². The minimum absolute atomic E-state index is 0.145. The molecule has 1 saturated carbocycles. The lowest BCUT2D eigenvalue weighted by Gasteiger charge is -2.40. The maximum absolute atomic E-state index is 12.3. The second kappa shape index (κ2) is 5.57. The summed E-state index contributed by atoms with van der Waals surface area (Å²) in [5, 5.41) is 3.21. The maximum Gasteiger partial charge on any atom is 0.253 e. The van der Waals surface area contributed by atoms with Gasteiger partial charge in [0.25, 0.3) is 5.91 Å². The van der Waals surface area contributed by atoms with E-state index in [4.69, 9.17) is 4.74 Å². The van der Waals surface area contributed by atoms with Crippen molar-refractivity contribution in [3.05, 3.63) is 0 Å². The SMILES string of the molecule is CN(C(=O)C1CNCCO1)C1CCC(C)(C)CC1. The Labute approximate surface area is 110 Å². The van der Waals surface area contributed by atoms with Crippen molar-refractivity contribution in [1.29, 1.82) is 0 Å². The molecule has 1 heterocycles. The second-order valence-corrected chi connectivity index (χ2v) is 6.41. The number of amides is 1. The second-order valence-electron chi connectivity index (χ2n) is 6.41. The molecule has 1 N–H and O–H groups in total. The molecule has 1 saturated heterocycles. The number of morpholine rings is 1. The number of likely N-dealkylation sites (N-methyl/N-ethyl adjacent to an activating group) is 1. The fraction of sp³-hybridized carbons (Fsp3) is 0.929. The van der Waals surface area contributed by atoms with Crippen molar-refractivity contribution in [3.8, 4) is 0 Å². The van der Waals surface area contributed by atoms with Gasteiger partial charge in [-0.25, -0.2) is 0 Å². The van der Waals surface area contributed by atoms with Crippen LogP contribution in [0.3, 0.4) is 0 Å². The van der Waals surface area contributed by atoms with E-state index in [9.17, 15) is 4.79 Å². The van der Waals surface area contributed by atoms with E-state index in [0.717, 1.165) is 19.4 Å². The monoisotopic (exact) mass is 254 g/mol. The number of hydrogen-bond donors (Lipinski definition) is 1. The molecule has 1 atom stereocenters. The topological polar surface area (TPSA) is 41.6 Å². The molecule has 0 radical (unpaired) electrons. The van der Waals surface area contributed by atoms with Gasteiger partial charge in [-0.15, -0.1) is 0 Å². The molecule has 0 aromatic heterocycles. The van der Waals surface area contributed by atoms with Gasteiger partial charge in [-0.1, -0.05) is 13.8 Å². The standard InChI is InChI=1S/C14H26N2O2/c1-14(2)6-4-11(5-7-14)16(3)13(17)12-10-15-8-9-18-12/h11-12,15H,4-10H2,1-3H3. The molecule has 2 rings (SSSR count). The molecular weight excluding hydrogens is 228 g/mol. The first-order chi connectivity index (χ1) is 8.49. The molecule has 1 aliphatic heterocycles. The van der Waals surface area contributed by atoms with E-state index in [1.807, 2.05) is 11.9 Å². The van der Waals surface area contributed by atoms with Crippen LogP contribution in [0.2, 0.25) is 0 Å². The molecule has 0 spiro atoms. The first-order valence-corrected chi connectivity index (χ1v) is 7.09. The van der Waals surface area contributed by atoms with Crippen LogP contribution in [0.4, 0.5) is 0 Å². The smallest absolute Gasteiger partial charge is 0.253 e. The van der Waals surface area contributed by atoms with Crippen molar-refractivity contribution < 1.29 is 9.53 Å². The fourth-order valence-electron chi connectivity index (χ4n) is 2.90. The molecule has 1 amide bonds. The predicted octanol–water partition coefficient (Wildman–Crippen LogP) is 1.40. The lowest BCUT2D eigenvalue weighted by atomic mass is 9.75. The summed E-state index contributed by atoms with van der Waals surface area (Å²) in [4.78, 5) is 14.2. The summed E-state index contributed by atoms with van der Waals surface area (Å²) in [6.07, 6.45) is 4.38. The Morgan fingerprint density at radius 3 is 2.56 bits per heavy atom. The van der Waals surface area contributed by atoms with Crippen LogP contribution >= 0.6 is 0 Å². The maximum atomic E-state index is 12.3. The summed E-state index contributed by atoms with van der Waals surface area (Å²) in [6.45, 7) is 6.78. The molecule has 1 unspecified atom stereocenters. The van der Waals surface area contributed by atoms with Gasteiger partial charge < -0.3 is 15.0 Å². The largest absolute Gasteiger partial charge is 0.366 e. The Morgan fingerprint density at radius 2 is 2.00 bits per heavy atom. The quantitative estimate of drug-likeness (QED) is 0.810. The number of rotatable bonds is 2. The molecule has 104 valence electrons. The minimum atomic E-state index is -0.279. The van der Waals surface area contributed by atoms with Crippen molar-refractivity contribution in [3.63, 3.8) is 0 Å². The first-order valence-electron chi connectivity index (χ1n) is 7.09. The summed E-state index contributed by atoms with van der Waals surface area (Å²) in [7, 11) is 1.93. The van der Waals surface area contributed by atoms with Crippen LogP contribution in [0.5, 0.6) is 0 Å². The highest BCUT2D eigenvalue weighted by molar-refractivity contribution is 5.81. The van der Waals surface area contributed by atoms with Gasteiger partial charge in [0.15, 0.2) is 0 Å². The van der Waals surface area contributed by atoms with Crippen molar-refractivity contribution in [2.75, 3.05) is 26.7 Å². The third-order valence-corrected chi connectivity index (χ3v) is 4.41. The van der Waals surface area contributed by atoms with Crippen molar-refractivity contribution in [2.45, 2.75) is 51.7 Å². The number of nitrogens with zero attached hydrogens (tertiary/aromatic N) is 1. The summed E-state index contributed by atoms with van der Waals surface area (Å²) >= 11 is 0. The summed E-state index contributed by atoms with van der Waals surface area (Å²) < 4.78 is 5.54. The number of nitrogens with one attached hydrogen (secondary N) is 1. The Morgan fingerprint density at radius 1 is 1.33 bits per heavy atom. The highest BCUT2D eigenvalue weighted by Gasteiger charge is 2.33. The molecule has 2 fully saturated rings. The van der Waals surface area contributed by atoms with Crippen LogP contribution in [-0.4, -0.2) is 49.7 Å². The van der Waals surface area contributed by atoms with Crippen LogP contribution in [0.15, 0.2) is 0 Å². The third-order valence-electron chi connectivity index (χ3n) is 4.41. The Bertz CT molecular complexity index is 288. The van der Waals surface area contributed by atoms with Gasteiger partial charge in [0.05, 0.1) is 6.61 Å². The first kappa shape index (κ1) is 13.8. The van der Waals surface area contributed by atoms with E-state index >= 15 is 0 Å². The van der Waals surface area contributed by atoms with E-state index in [2.05, 4.69) is 19.2 Å². The van der Waals surface area contributed by atoms with E-state index in [-0.39, 0.29) is 12.0 Å². The molecule has 0 aromatic carbocycles. The van der Waals surface area contributed by atoms with Crippen LogP contribution in [0, 0.1) is 5.41 Å². The zero-order valence-corrected chi connectivity index (χ0v) is 11.9. The van der Waals surface area contributed by atoms with Crippen LogP contribution in [0.25, 0.3) is 0 Å². The lowest BCUT2D eigenvalue weighted by Crippen LogP contribution is -2.51. The summed E-state index contributed by atoms with van der Waals surface area (Å²) in [5.74, 6) is 0.145. The number of carbonyl (C=O) groups is 1. The normalized spacial score (nSPS) is 28.9. The van der Waals surface area contributed by atoms with Gasteiger partial charge in [-0.05, 0) is 31.1 Å². The van der Waals surface area contributed by atoms with Gasteiger partial charge in [0.2, 0.25) is 0 Å². The van der Waals surface area contributed by atoms with Crippen molar-refractivity contribution in [1.82, 2.24) is 10.2 Å². The number of ether oxygens (including phenoxy) is 1. The zero-order valence-electron chi connectivity index (χ0n) is 11.9. The molecule has 4 heteroatoms. The molecule has 1 aliphatic carbocycles. The molecule has 0 bridgehead atoms. The lowest BCUT2D eigenvalue weighted by molar-refractivity contribution is -0.147. The zero-order chi connectivity index (χ0) is 13.2. The van der Waals surface area contributed by atoms with E-state index < -0.39 is 0 Å². The van der Waals surface area contributed by atoms with E-state index in [0.29, 0.717) is 24.6 Å². The Kier molecular flexibility index (Phi) is 4.28. The average Bonchev–Trinajstić information content (AvgIpc) is 2.38. The van der Waals surface area contributed by atoms with Gasteiger partial charge in [0, 0.05) is 26.2 Å². The van der Waals surface area contributed by atoms with Crippen LogP contribution < -0.4 is 5.32 Å². The molecule has 2 aliphatic rings. The number of carbonyl (C=O) groups excluding carboxylic acids is 1. The molecular formula is C14H26N2O2. The third kappa shape index (κ3) is 3.23. The predicted molar refractivity (Wildman–Crippen MR) is 71.4 cm³/mol. The van der Waals surface area contributed by atoms with Gasteiger partial charge in [0.1, 0.15) is 6.10 Å². The average molecular weight is 254 g/mol. The van der Waals surface area contributed by atoms with E-state index in [1.165, 1.54) is 12.8 Å². The van der Waals surface area contributed by atoms with Gasteiger partial charge in [-0.2, -0.15) is 0 Å². The minimum Gasteiger partial charge on any atom is -0.366 e. The van der Waals surface area contributed by atoms with Crippen molar-refractivity contribution >= 4 is 5.91 Å². The van der Waals surface area contributed by atoms with E-state index in [1.54, 1.807) is 0 Å². The molecule has 4 nitrogen and oxygen atoms in total. The van der Waals surface area contributed by atoms with Gasteiger partial charge >= 0.3 is 0 Å². The molecule has 0 aromatic rings. The molecule has 18 heavy (non-hydrogen) atoms. The summed E-state index contributed by atoms with van der Waals surface area (Å²) in [5.41, 5.74) is 0.448. The van der Waals surface area contributed by atoms with Crippen molar-refractivity contribution in [2.24, 2.45) is 5.41 Å². The van der Waals surface area contributed by atoms with Crippen LogP contribution in [-0.2, 0) is 9.53 Å². The highest BCUT2D eigenvalue weighted by atomic mass is 16.5. The van der Waals surface area contributed by atoms with Crippen LogP contribution in [0.1, 0.15) is 39.5 Å².